The molecule has 2 atom stereocenters. The largest absolute Gasteiger partial charge is 0.481 e. The van der Waals surface area contributed by atoms with Crippen molar-refractivity contribution in [1.82, 2.24) is 25.5 Å². The SMILES string of the molecule is CC(=O)O.OCC12CNCC1CN(c1nnnn1Cc1ccc(-c3ccccc3)cc1)C2. The molecule has 3 N–H and O–H groups in total. The van der Waals surface area contributed by atoms with Gasteiger partial charge in [-0.25, -0.2) is 4.68 Å². The normalized spacial score (nSPS) is 21.7. The average Bonchev–Trinajstić information content (AvgIpc) is 3.48. The number of carboxylic acids is 1. The van der Waals surface area contributed by atoms with Gasteiger partial charge >= 0.3 is 0 Å². The van der Waals surface area contributed by atoms with Crippen LogP contribution in [0.15, 0.2) is 54.6 Å². The van der Waals surface area contributed by atoms with Crippen LogP contribution < -0.4 is 10.2 Å². The molecule has 0 bridgehead atoms. The van der Waals surface area contributed by atoms with Crippen LogP contribution in [0.4, 0.5) is 5.95 Å². The second-order valence-corrected chi connectivity index (χ2v) is 8.45. The van der Waals surface area contributed by atoms with Crippen molar-refractivity contribution >= 4 is 11.9 Å². The Hall–Kier alpha value is -3.30. The average molecular weight is 437 g/mol. The fourth-order valence-electron chi connectivity index (χ4n) is 4.53. The zero-order valence-electron chi connectivity index (χ0n) is 18.1. The number of nitrogens with zero attached hydrogens (tertiary/aromatic N) is 5. The van der Waals surface area contributed by atoms with Gasteiger partial charge in [0.05, 0.1) is 13.2 Å². The van der Waals surface area contributed by atoms with E-state index in [4.69, 9.17) is 9.90 Å². The van der Waals surface area contributed by atoms with Gasteiger partial charge in [-0.1, -0.05) is 59.7 Å². The van der Waals surface area contributed by atoms with Crippen LogP contribution in [0.1, 0.15) is 12.5 Å². The van der Waals surface area contributed by atoms with Crippen LogP contribution >= 0.6 is 0 Å². The molecule has 9 nitrogen and oxygen atoms in total. The number of nitrogens with one attached hydrogen (secondary N) is 1. The molecule has 0 saturated carbocycles. The molecule has 2 aliphatic rings. The van der Waals surface area contributed by atoms with Crippen molar-refractivity contribution in [3.05, 3.63) is 60.2 Å². The van der Waals surface area contributed by atoms with E-state index in [-0.39, 0.29) is 12.0 Å². The lowest BCUT2D eigenvalue weighted by Gasteiger charge is -2.25. The number of hydrogen-bond acceptors (Lipinski definition) is 7. The highest BCUT2D eigenvalue weighted by atomic mass is 16.4. The minimum Gasteiger partial charge on any atom is -0.481 e. The van der Waals surface area contributed by atoms with Gasteiger partial charge in [-0.05, 0) is 33.0 Å². The van der Waals surface area contributed by atoms with Gasteiger partial charge in [0.15, 0.2) is 0 Å². The monoisotopic (exact) mass is 436 g/mol. The molecule has 2 unspecified atom stereocenters. The quantitative estimate of drug-likeness (QED) is 0.551. The molecule has 5 rings (SSSR count). The lowest BCUT2D eigenvalue weighted by molar-refractivity contribution is -0.134. The summed E-state index contributed by atoms with van der Waals surface area (Å²) in [5, 5.41) is 33.2. The number of carboxylic acid groups (broad SMARTS) is 1. The number of aliphatic hydroxyl groups is 1. The van der Waals surface area contributed by atoms with Crippen LogP contribution in [0.3, 0.4) is 0 Å². The van der Waals surface area contributed by atoms with E-state index in [1.54, 1.807) is 0 Å². The standard InChI is InChI=1S/C21H24N6O.C2H4O2/c28-15-21-13-22-10-19(21)12-26(14-21)20-23-24-25-27(20)11-16-6-8-18(9-7-16)17-4-2-1-3-5-17;1-2(3)4/h1-9,19,22,28H,10-15H2;1H3,(H,3,4). The van der Waals surface area contributed by atoms with E-state index in [9.17, 15) is 5.11 Å². The number of tetrazole rings is 1. The van der Waals surface area contributed by atoms with Gasteiger partial charge in [0.1, 0.15) is 0 Å². The van der Waals surface area contributed by atoms with Crippen molar-refractivity contribution in [3.63, 3.8) is 0 Å². The first-order valence-corrected chi connectivity index (χ1v) is 10.7. The van der Waals surface area contributed by atoms with Crippen molar-refractivity contribution in [2.24, 2.45) is 11.3 Å². The number of aromatic nitrogens is 4. The lowest BCUT2D eigenvalue weighted by atomic mass is 9.82. The fourth-order valence-corrected chi connectivity index (χ4v) is 4.53. The summed E-state index contributed by atoms with van der Waals surface area (Å²) in [6.07, 6.45) is 0. The molecule has 3 heterocycles. The topological polar surface area (TPSA) is 116 Å². The summed E-state index contributed by atoms with van der Waals surface area (Å²) in [4.78, 5) is 11.2. The predicted octanol–water partition coefficient (Wildman–Crippen LogP) is 1.50. The Morgan fingerprint density at radius 3 is 2.50 bits per heavy atom. The van der Waals surface area contributed by atoms with Crippen LogP contribution in [0.25, 0.3) is 11.1 Å². The molecule has 3 aromatic rings. The third-order valence-electron chi connectivity index (χ3n) is 6.18. The number of carbonyl (C=O) groups is 1. The molecule has 168 valence electrons. The maximum atomic E-state index is 9.94. The first-order valence-electron chi connectivity index (χ1n) is 10.7. The Balaban J connectivity index is 0.000000567. The van der Waals surface area contributed by atoms with Crippen molar-refractivity contribution in [2.75, 3.05) is 37.7 Å². The fraction of sp³-hybridized carbons (Fsp3) is 0.391. The third kappa shape index (κ3) is 4.63. The van der Waals surface area contributed by atoms with Crippen LogP contribution in [0.2, 0.25) is 0 Å². The van der Waals surface area contributed by atoms with Crippen LogP contribution in [-0.2, 0) is 11.3 Å². The van der Waals surface area contributed by atoms with E-state index in [0.29, 0.717) is 12.5 Å². The van der Waals surface area contributed by atoms with E-state index in [0.717, 1.165) is 44.6 Å². The summed E-state index contributed by atoms with van der Waals surface area (Å²) in [5.74, 6) is 0.391. The van der Waals surface area contributed by atoms with Gasteiger partial charge in [-0.15, -0.1) is 0 Å². The first-order chi connectivity index (χ1) is 15.5. The van der Waals surface area contributed by atoms with E-state index in [2.05, 4.69) is 74.3 Å². The molecule has 2 fully saturated rings. The Labute approximate surface area is 186 Å². The highest BCUT2D eigenvalue weighted by molar-refractivity contribution is 5.63. The third-order valence-corrected chi connectivity index (χ3v) is 6.18. The van der Waals surface area contributed by atoms with Crippen molar-refractivity contribution < 1.29 is 15.0 Å². The maximum Gasteiger partial charge on any atom is 0.300 e. The Morgan fingerprint density at radius 2 is 1.84 bits per heavy atom. The summed E-state index contributed by atoms with van der Waals surface area (Å²) in [6.45, 7) is 5.37. The number of anilines is 1. The highest BCUT2D eigenvalue weighted by Crippen LogP contribution is 2.39. The molecule has 0 radical (unpaired) electrons. The zero-order chi connectivity index (χ0) is 22.6. The first kappa shape index (κ1) is 21.9. The molecule has 0 amide bonds. The summed E-state index contributed by atoms with van der Waals surface area (Å²) in [5.41, 5.74) is 3.49. The van der Waals surface area contributed by atoms with Gasteiger partial charge in [-0.3, -0.25) is 4.79 Å². The van der Waals surface area contributed by atoms with E-state index >= 15 is 0 Å². The molecule has 9 heteroatoms. The predicted molar refractivity (Wildman–Crippen MR) is 120 cm³/mol. The van der Waals surface area contributed by atoms with Crippen LogP contribution in [0, 0.1) is 11.3 Å². The van der Waals surface area contributed by atoms with Gasteiger partial charge in [0, 0.05) is 38.5 Å². The van der Waals surface area contributed by atoms with Crippen molar-refractivity contribution in [3.8, 4) is 11.1 Å². The number of rotatable bonds is 5. The molecule has 2 saturated heterocycles. The lowest BCUT2D eigenvalue weighted by Crippen LogP contribution is -2.36. The molecule has 2 aliphatic heterocycles. The maximum absolute atomic E-state index is 9.94. The molecule has 32 heavy (non-hydrogen) atoms. The molecule has 0 aliphatic carbocycles. The summed E-state index contributed by atoms with van der Waals surface area (Å²) >= 11 is 0. The van der Waals surface area contributed by atoms with Gasteiger partial charge in [-0.2, -0.15) is 0 Å². The van der Waals surface area contributed by atoms with Gasteiger partial charge in [0.25, 0.3) is 5.97 Å². The van der Waals surface area contributed by atoms with E-state index in [1.165, 1.54) is 11.1 Å². The smallest absolute Gasteiger partial charge is 0.300 e. The van der Waals surface area contributed by atoms with E-state index in [1.807, 2.05) is 10.7 Å². The molecule has 0 spiro atoms. The Morgan fingerprint density at radius 1 is 1.16 bits per heavy atom. The summed E-state index contributed by atoms with van der Waals surface area (Å²) in [6, 6.07) is 18.9. The Bertz CT molecular complexity index is 1040. The summed E-state index contributed by atoms with van der Waals surface area (Å²) in [7, 11) is 0. The second-order valence-electron chi connectivity index (χ2n) is 8.45. The van der Waals surface area contributed by atoms with Crippen molar-refractivity contribution in [1.29, 1.82) is 0 Å². The van der Waals surface area contributed by atoms with E-state index < -0.39 is 5.97 Å². The summed E-state index contributed by atoms with van der Waals surface area (Å²) < 4.78 is 1.86. The van der Waals surface area contributed by atoms with Gasteiger partial charge < -0.3 is 20.4 Å². The zero-order valence-corrected chi connectivity index (χ0v) is 18.1. The van der Waals surface area contributed by atoms with Crippen LogP contribution in [-0.4, -0.2) is 69.2 Å². The molecule has 1 aromatic heterocycles. The molecular formula is C23H28N6O3. The minimum absolute atomic E-state index is 0.0753. The van der Waals surface area contributed by atoms with Crippen molar-refractivity contribution in [2.45, 2.75) is 13.5 Å². The number of fused-ring (bicyclic) bond motifs is 1. The molecular weight excluding hydrogens is 408 g/mol. The second kappa shape index (κ2) is 9.46. The molecule has 2 aromatic carbocycles. The highest BCUT2D eigenvalue weighted by Gasteiger charge is 2.50. The number of benzene rings is 2. The number of aliphatic hydroxyl groups excluding tert-OH is 1. The van der Waals surface area contributed by atoms with Gasteiger partial charge in [0.2, 0.25) is 5.95 Å². The Kier molecular flexibility index (Phi) is 6.48. The minimum atomic E-state index is -0.833. The number of hydrogen-bond donors (Lipinski definition) is 3. The number of aliphatic carboxylic acids is 1. The van der Waals surface area contributed by atoms with Crippen LogP contribution in [0.5, 0.6) is 0 Å².